The summed E-state index contributed by atoms with van der Waals surface area (Å²) in [6.07, 6.45) is 6.22. The Hall–Kier alpha value is -1.57. The van der Waals surface area contributed by atoms with Crippen LogP contribution < -0.4 is 0 Å². The van der Waals surface area contributed by atoms with Gasteiger partial charge in [0.05, 0.1) is 12.7 Å². The number of carbonyl (C=O) groups excluding carboxylic acids is 1. The van der Waals surface area contributed by atoms with Crippen LogP contribution in [0, 0.1) is 17.3 Å². The lowest BCUT2D eigenvalue weighted by Gasteiger charge is -2.49. The lowest BCUT2D eigenvalue weighted by molar-refractivity contribution is 0.0600. The molecule has 1 saturated carbocycles. The van der Waals surface area contributed by atoms with Gasteiger partial charge in [-0.15, -0.1) is 0 Å². The van der Waals surface area contributed by atoms with Crippen molar-refractivity contribution >= 4 is 5.97 Å². The standard InChI is InChI=1S/C20H26O2/c1-13-5-10-16-11-17(13)18(12-20(16,2)3)14-6-8-15(9-7-14)19(21)22-4/h5-9,16-18H,10-12H2,1-4H3/t16-,17-,18-/m0/s1. The third kappa shape index (κ3) is 2.60. The second kappa shape index (κ2) is 5.57. The second-order valence-corrected chi connectivity index (χ2v) is 7.64. The van der Waals surface area contributed by atoms with Crippen LogP contribution in [0.15, 0.2) is 35.9 Å². The molecule has 3 atom stereocenters. The molecular formula is C20H26O2. The van der Waals surface area contributed by atoms with Crippen LogP contribution in [0.1, 0.15) is 61.9 Å². The van der Waals surface area contributed by atoms with E-state index in [2.05, 4.69) is 39.0 Å². The molecule has 2 aliphatic carbocycles. The minimum atomic E-state index is -0.260. The molecule has 0 aromatic heterocycles. The Morgan fingerprint density at radius 1 is 1.18 bits per heavy atom. The highest BCUT2D eigenvalue weighted by molar-refractivity contribution is 5.89. The van der Waals surface area contributed by atoms with E-state index >= 15 is 0 Å². The molecule has 1 aromatic carbocycles. The van der Waals surface area contributed by atoms with Gasteiger partial charge in [-0.1, -0.05) is 37.6 Å². The summed E-state index contributed by atoms with van der Waals surface area (Å²) in [6, 6.07) is 8.05. The maximum absolute atomic E-state index is 11.6. The molecule has 0 radical (unpaired) electrons. The van der Waals surface area contributed by atoms with Gasteiger partial charge in [-0.3, -0.25) is 0 Å². The predicted octanol–water partition coefficient (Wildman–Crippen LogP) is 4.96. The number of hydrogen-bond donors (Lipinski definition) is 0. The predicted molar refractivity (Wildman–Crippen MR) is 88.9 cm³/mol. The van der Waals surface area contributed by atoms with Crippen molar-refractivity contribution in [2.45, 2.75) is 46.0 Å². The van der Waals surface area contributed by atoms with Crippen LogP contribution in [0.2, 0.25) is 0 Å². The van der Waals surface area contributed by atoms with Crippen molar-refractivity contribution in [3.63, 3.8) is 0 Å². The van der Waals surface area contributed by atoms with Crippen LogP contribution >= 0.6 is 0 Å². The molecule has 0 saturated heterocycles. The summed E-state index contributed by atoms with van der Waals surface area (Å²) >= 11 is 0. The molecule has 2 aliphatic rings. The lowest BCUT2D eigenvalue weighted by Crippen LogP contribution is -2.38. The van der Waals surface area contributed by atoms with Gasteiger partial charge in [-0.25, -0.2) is 4.79 Å². The Morgan fingerprint density at radius 2 is 1.86 bits per heavy atom. The molecule has 0 unspecified atom stereocenters. The first-order chi connectivity index (χ1) is 10.4. The van der Waals surface area contributed by atoms with Crippen LogP contribution in [0.5, 0.6) is 0 Å². The van der Waals surface area contributed by atoms with Crippen molar-refractivity contribution in [2.75, 3.05) is 7.11 Å². The summed E-state index contributed by atoms with van der Waals surface area (Å²) in [4.78, 5) is 11.6. The molecule has 2 heteroatoms. The van der Waals surface area contributed by atoms with Crippen molar-refractivity contribution in [1.82, 2.24) is 0 Å². The minimum absolute atomic E-state index is 0.260. The number of methoxy groups -OCH3 is 1. The van der Waals surface area contributed by atoms with E-state index in [1.165, 1.54) is 31.9 Å². The van der Waals surface area contributed by atoms with Gasteiger partial charge in [0, 0.05) is 0 Å². The first-order valence-corrected chi connectivity index (χ1v) is 8.27. The Bertz CT molecular complexity index is 595. The molecule has 0 aliphatic heterocycles. The number of rotatable bonds is 2. The summed E-state index contributed by atoms with van der Waals surface area (Å²) < 4.78 is 4.79. The average Bonchev–Trinajstić information content (AvgIpc) is 2.52. The van der Waals surface area contributed by atoms with Crippen LogP contribution in [0.3, 0.4) is 0 Å². The summed E-state index contributed by atoms with van der Waals surface area (Å²) in [7, 11) is 1.43. The zero-order valence-corrected chi connectivity index (χ0v) is 14.1. The number of hydrogen-bond acceptors (Lipinski definition) is 2. The molecular weight excluding hydrogens is 272 g/mol. The Kier molecular flexibility index (Phi) is 3.88. The highest BCUT2D eigenvalue weighted by atomic mass is 16.5. The van der Waals surface area contributed by atoms with Gasteiger partial charge < -0.3 is 4.74 Å². The molecule has 22 heavy (non-hydrogen) atoms. The molecule has 1 fully saturated rings. The smallest absolute Gasteiger partial charge is 0.337 e. The van der Waals surface area contributed by atoms with Crippen molar-refractivity contribution in [3.05, 3.63) is 47.0 Å². The van der Waals surface area contributed by atoms with Gasteiger partial charge in [0.2, 0.25) is 0 Å². The maximum atomic E-state index is 11.6. The SMILES string of the molecule is COC(=O)c1ccc([C@@H]2CC(C)(C)[C@H]3CC=C(C)[C@@H]2C3)cc1. The zero-order chi connectivity index (χ0) is 15.9. The van der Waals surface area contributed by atoms with E-state index in [4.69, 9.17) is 4.74 Å². The molecule has 2 nitrogen and oxygen atoms in total. The van der Waals surface area contributed by atoms with Gasteiger partial charge in [-0.2, -0.15) is 0 Å². The van der Waals surface area contributed by atoms with Gasteiger partial charge in [-0.05, 0) is 67.1 Å². The quantitative estimate of drug-likeness (QED) is 0.570. The van der Waals surface area contributed by atoms with Gasteiger partial charge >= 0.3 is 5.97 Å². The van der Waals surface area contributed by atoms with E-state index in [1.54, 1.807) is 5.57 Å². The van der Waals surface area contributed by atoms with Crippen molar-refractivity contribution in [3.8, 4) is 0 Å². The van der Waals surface area contributed by atoms with Crippen LogP contribution in [0.25, 0.3) is 0 Å². The number of benzene rings is 1. The highest BCUT2D eigenvalue weighted by Gasteiger charge is 2.44. The number of carbonyl (C=O) groups is 1. The fourth-order valence-electron chi connectivity index (χ4n) is 4.40. The molecule has 0 heterocycles. The van der Waals surface area contributed by atoms with Crippen molar-refractivity contribution in [2.24, 2.45) is 17.3 Å². The first kappa shape index (κ1) is 15.3. The molecule has 2 bridgehead atoms. The van der Waals surface area contributed by atoms with E-state index in [1.807, 2.05) is 12.1 Å². The number of allylic oxidation sites excluding steroid dienone is 2. The fourth-order valence-corrected chi connectivity index (χ4v) is 4.40. The molecule has 118 valence electrons. The van der Waals surface area contributed by atoms with Crippen molar-refractivity contribution in [1.29, 1.82) is 0 Å². The largest absolute Gasteiger partial charge is 0.465 e. The number of ether oxygens (including phenoxy) is 1. The Balaban J connectivity index is 1.91. The summed E-state index contributed by atoms with van der Waals surface area (Å²) in [5.41, 5.74) is 3.93. The third-order valence-corrected chi connectivity index (χ3v) is 5.94. The van der Waals surface area contributed by atoms with Gasteiger partial charge in [0.1, 0.15) is 0 Å². The van der Waals surface area contributed by atoms with E-state index in [-0.39, 0.29) is 5.97 Å². The average molecular weight is 298 g/mol. The van der Waals surface area contributed by atoms with E-state index in [0.29, 0.717) is 22.8 Å². The molecule has 0 spiro atoms. The Morgan fingerprint density at radius 3 is 2.50 bits per heavy atom. The van der Waals surface area contributed by atoms with E-state index in [9.17, 15) is 4.79 Å². The normalized spacial score (nSPS) is 29.6. The maximum Gasteiger partial charge on any atom is 0.337 e. The summed E-state index contributed by atoms with van der Waals surface area (Å²) in [6.45, 7) is 7.12. The lowest BCUT2D eigenvalue weighted by atomic mass is 9.55. The summed E-state index contributed by atoms with van der Waals surface area (Å²) in [5.74, 6) is 1.78. The Labute approximate surface area is 133 Å². The molecule has 1 aromatic rings. The number of fused-ring (bicyclic) bond motifs is 2. The molecule has 3 rings (SSSR count). The van der Waals surface area contributed by atoms with E-state index in [0.717, 1.165) is 5.92 Å². The highest BCUT2D eigenvalue weighted by Crippen LogP contribution is 2.55. The minimum Gasteiger partial charge on any atom is -0.465 e. The topological polar surface area (TPSA) is 26.3 Å². The third-order valence-electron chi connectivity index (χ3n) is 5.94. The monoisotopic (exact) mass is 298 g/mol. The van der Waals surface area contributed by atoms with Crippen LogP contribution in [-0.4, -0.2) is 13.1 Å². The van der Waals surface area contributed by atoms with Gasteiger partial charge in [0.15, 0.2) is 0 Å². The van der Waals surface area contributed by atoms with E-state index < -0.39 is 0 Å². The van der Waals surface area contributed by atoms with Crippen LogP contribution in [0.4, 0.5) is 0 Å². The summed E-state index contributed by atoms with van der Waals surface area (Å²) in [5, 5.41) is 0. The molecule has 0 amide bonds. The van der Waals surface area contributed by atoms with Gasteiger partial charge in [0.25, 0.3) is 0 Å². The zero-order valence-electron chi connectivity index (χ0n) is 14.1. The van der Waals surface area contributed by atoms with Crippen LogP contribution in [-0.2, 0) is 4.74 Å². The van der Waals surface area contributed by atoms with Crippen molar-refractivity contribution < 1.29 is 9.53 Å². The second-order valence-electron chi connectivity index (χ2n) is 7.64. The number of esters is 1. The molecule has 0 N–H and O–H groups in total. The fraction of sp³-hybridized carbons (Fsp3) is 0.550. The first-order valence-electron chi connectivity index (χ1n) is 8.27.